The second-order valence-corrected chi connectivity index (χ2v) is 7.20. The van der Waals surface area contributed by atoms with E-state index in [1.807, 2.05) is 25.1 Å². The number of aryl methyl sites for hydroxylation is 1. The Morgan fingerprint density at radius 2 is 1.95 bits per heavy atom. The van der Waals surface area contributed by atoms with Crippen molar-refractivity contribution in [2.24, 2.45) is 5.92 Å². The summed E-state index contributed by atoms with van der Waals surface area (Å²) in [6.45, 7) is 9.52. The first-order valence-corrected chi connectivity index (χ1v) is 8.56. The topological polar surface area (TPSA) is 32.3 Å². The normalized spacial score (nSPS) is 17.2. The molecule has 4 heteroatoms. The van der Waals surface area contributed by atoms with Crippen LogP contribution < -0.4 is 5.32 Å². The second kappa shape index (κ2) is 7.41. The van der Waals surface area contributed by atoms with Crippen LogP contribution in [-0.4, -0.2) is 36.5 Å². The minimum absolute atomic E-state index is 0.0178. The third-order valence-corrected chi connectivity index (χ3v) is 4.61. The number of carbonyl (C=O) groups is 1. The van der Waals surface area contributed by atoms with Gasteiger partial charge >= 0.3 is 0 Å². The number of hydrogen-bond acceptors (Lipinski definition) is 2. The SMILES string of the molecule is Cc1cc(Br)cc(C(=O)NCC(C(C)C)N2CCCC2)c1. The predicted octanol–water partition coefficient (Wildman–Crippen LogP) is 3.61. The Kier molecular flexibility index (Phi) is 5.82. The van der Waals surface area contributed by atoms with Gasteiger partial charge in [-0.1, -0.05) is 29.8 Å². The van der Waals surface area contributed by atoms with Crippen LogP contribution in [0.1, 0.15) is 42.6 Å². The van der Waals surface area contributed by atoms with Crippen molar-refractivity contribution in [1.82, 2.24) is 10.2 Å². The maximum atomic E-state index is 12.3. The maximum absolute atomic E-state index is 12.3. The first-order chi connectivity index (χ1) is 9.97. The molecule has 3 nitrogen and oxygen atoms in total. The summed E-state index contributed by atoms with van der Waals surface area (Å²) in [6, 6.07) is 6.26. The van der Waals surface area contributed by atoms with E-state index in [-0.39, 0.29) is 5.91 Å². The predicted molar refractivity (Wildman–Crippen MR) is 90.6 cm³/mol. The summed E-state index contributed by atoms with van der Waals surface area (Å²) in [6.07, 6.45) is 2.56. The Labute approximate surface area is 136 Å². The molecule has 21 heavy (non-hydrogen) atoms. The average Bonchev–Trinajstić information content (AvgIpc) is 2.91. The summed E-state index contributed by atoms with van der Waals surface area (Å²) in [5.74, 6) is 0.567. The van der Waals surface area contributed by atoms with E-state index in [4.69, 9.17) is 0 Å². The number of nitrogens with one attached hydrogen (secondary N) is 1. The third kappa shape index (κ3) is 4.55. The van der Waals surface area contributed by atoms with Gasteiger partial charge in [0.2, 0.25) is 0 Å². The zero-order chi connectivity index (χ0) is 15.4. The van der Waals surface area contributed by atoms with Gasteiger partial charge in [-0.15, -0.1) is 0 Å². The molecule has 0 radical (unpaired) electrons. The molecular weight excluding hydrogens is 328 g/mol. The summed E-state index contributed by atoms with van der Waals surface area (Å²) >= 11 is 3.45. The molecule has 0 aromatic heterocycles. The van der Waals surface area contributed by atoms with Gasteiger partial charge in [0.15, 0.2) is 0 Å². The van der Waals surface area contributed by atoms with Gasteiger partial charge < -0.3 is 5.32 Å². The average molecular weight is 353 g/mol. The lowest BCUT2D eigenvalue weighted by molar-refractivity contribution is 0.0927. The molecule has 1 unspecified atom stereocenters. The fourth-order valence-electron chi connectivity index (χ4n) is 3.03. The number of benzene rings is 1. The van der Waals surface area contributed by atoms with Crippen LogP contribution in [0.2, 0.25) is 0 Å². The molecule has 1 fully saturated rings. The smallest absolute Gasteiger partial charge is 0.251 e. The fourth-order valence-corrected chi connectivity index (χ4v) is 3.63. The first-order valence-electron chi connectivity index (χ1n) is 7.77. The summed E-state index contributed by atoms with van der Waals surface area (Å²) in [5.41, 5.74) is 1.82. The highest BCUT2D eigenvalue weighted by Gasteiger charge is 2.25. The van der Waals surface area contributed by atoms with E-state index in [0.717, 1.165) is 35.2 Å². The van der Waals surface area contributed by atoms with Gasteiger partial charge in [0, 0.05) is 22.6 Å². The Morgan fingerprint density at radius 3 is 2.52 bits per heavy atom. The van der Waals surface area contributed by atoms with Crippen LogP contribution in [-0.2, 0) is 0 Å². The first kappa shape index (κ1) is 16.5. The van der Waals surface area contributed by atoms with Crippen LogP contribution in [0.15, 0.2) is 22.7 Å². The van der Waals surface area contributed by atoms with Gasteiger partial charge in [-0.3, -0.25) is 9.69 Å². The van der Waals surface area contributed by atoms with Crippen molar-refractivity contribution in [3.8, 4) is 0 Å². The van der Waals surface area contributed by atoms with E-state index in [0.29, 0.717) is 12.0 Å². The lowest BCUT2D eigenvalue weighted by Crippen LogP contribution is -2.45. The van der Waals surface area contributed by atoms with Crippen molar-refractivity contribution in [2.45, 2.75) is 39.7 Å². The van der Waals surface area contributed by atoms with E-state index in [9.17, 15) is 4.79 Å². The highest BCUT2D eigenvalue weighted by atomic mass is 79.9. The third-order valence-electron chi connectivity index (χ3n) is 4.16. The van der Waals surface area contributed by atoms with E-state index in [1.54, 1.807) is 0 Å². The lowest BCUT2D eigenvalue weighted by atomic mass is 10.0. The summed E-state index contributed by atoms with van der Waals surface area (Å²) in [7, 11) is 0. The standard InChI is InChI=1S/C17H25BrN2O/c1-12(2)16(20-6-4-5-7-20)11-19-17(21)14-8-13(3)9-15(18)10-14/h8-10,12,16H,4-7,11H2,1-3H3,(H,19,21). The molecule has 1 aromatic carbocycles. The number of hydrogen-bond donors (Lipinski definition) is 1. The zero-order valence-electron chi connectivity index (χ0n) is 13.2. The molecule has 1 heterocycles. The van der Waals surface area contributed by atoms with Crippen LogP contribution in [0, 0.1) is 12.8 Å². The van der Waals surface area contributed by atoms with E-state index in [1.165, 1.54) is 12.8 Å². The number of halogens is 1. The van der Waals surface area contributed by atoms with Crippen molar-refractivity contribution < 1.29 is 4.79 Å². The molecule has 0 aliphatic carbocycles. The quantitative estimate of drug-likeness (QED) is 0.877. The molecule has 1 saturated heterocycles. The maximum Gasteiger partial charge on any atom is 0.251 e. The van der Waals surface area contributed by atoms with Gasteiger partial charge in [0.05, 0.1) is 0 Å². The molecule has 1 N–H and O–H groups in total. The number of likely N-dealkylation sites (tertiary alicyclic amines) is 1. The summed E-state index contributed by atoms with van der Waals surface area (Å²) in [4.78, 5) is 14.9. The van der Waals surface area contributed by atoms with Gasteiger partial charge in [0.1, 0.15) is 0 Å². The molecule has 0 bridgehead atoms. The monoisotopic (exact) mass is 352 g/mol. The fraction of sp³-hybridized carbons (Fsp3) is 0.588. The second-order valence-electron chi connectivity index (χ2n) is 6.28. The largest absolute Gasteiger partial charge is 0.350 e. The Bertz CT molecular complexity index is 475. The van der Waals surface area contributed by atoms with Gasteiger partial charge in [-0.25, -0.2) is 0 Å². The molecule has 1 aliphatic rings. The minimum Gasteiger partial charge on any atom is -0.350 e. The number of nitrogens with zero attached hydrogens (tertiary/aromatic N) is 1. The van der Waals surface area contributed by atoms with Crippen LogP contribution >= 0.6 is 15.9 Å². The van der Waals surface area contributed by atoms with Crippen molar-refractivity contribution in [2.75, 3.05) is 19.6 Å². The lowest BCUT2D eigenvalue weighted by Gasteiger charge is -2.31. The molecule has 1 atom stereocenters. The van der Waals surface area contributed by atoms with Crippen molar-refractivity contribution in [3.05, 3.63) is 33.8 Å². The van der Waals surface area contributed by atoms with Crippen LogP contribution in [0.3, 0.4) is 0 Å². The highest BCUT2D eigenvalue weighted by Crippen LogP contribution is 2.18. The van der Waals surface area contributed by atoms with E-state index >= 15 is 0 Å². The molecule has 0 spiro atoms. The van der Waals surface area contributed by atoms with Crippen molar-refractivity contribution >= 4 is 21.8 Å². The van der Waals surface area contributed by atoms with E-state index in [2.05, 4.69) is 40.0 Å². The molecule has 1 aromatic rings. The summed E-state index contributed by atoms with van der Waals surface area (Å²) < 4.78 is 0.951. The molecular formula is C17H25BrN2O. The van der Waals surface area contributed by atoms with E-state index < -0.39 is 0 Å². The van der Waals surface area contributed by atoms with Crippen LogP contribution in [0.4, 0.5) is 0 Å². The van der Waals surface area contributed by atoms with Gasteiger partial charge in [-0.2, -0.15) is 0 Å². The number of carbonyl (C=O) groups excluding carboxylic acids is 1. The van der Waals surface area contributed by atoms with Crippen LogP contribution in [0.5, 0.6) is 0 Å². The zero-order valence-corrected chi connectivity index (χ0v) is 14.7. The Morgan fingerprint density at radius 1 is 1.29 bits per heavy atom. The molecule has 1 aliphatic heterocycles. The molecule has 1 amide bonds. The van der Waals surface area contributed by atoms with Crippen LogP contribution in [0.25, 0.3) is 0 Å². The van der Waals surface area contributed by atoms with Crippen molar-refractivity contribution in [3.63, 3.8) is 0 Å². The highest BCUT2D eigenvalue weighted by molar-refractivity contribution is 9.10. The summed E-state index contributed by atoms with van der Waals surface area (Å²) in [5, 5.41) is 3.11. The van der Waals surface area contributed by atoms with Gasteiger partial charge in [0.25, 0.3) is 5.91 Å². The molecule has 2 rings (SSSR count). The Hall–Kier alpha value is -0.870. The van der Waals surface area contributed by atoms with Crippen molar-refractivity contribution in [1.29, 1.82) is 0 Å². The van der Waals surface area contributed by atoms with Gasteiger partial charge in [-0.05, 0) is 62.5 Å². The molecule has 0 saturated carbocycles. The number of rotatable bonds is 5. The molecule has 116 valence electrons. The number of amides is 1. The minimum atomic E-state index is 0.0178. The Balaban J connectivity index is 1.98.